The van der Waals surface area contributed by atoms with Crippen molar-refractivity contribution in [3.8, 4) is 0 Å². The van der Waals surface area contributed by atoms with Gasteiger partial charge < -0.3 is 11.0 Å². The maximum atomic E-state index is 8.06. The van der Waals surface area contributed by atoms with Gasteiger partial charge in [-0.15, -0.1) is 0 Å². The molecular formula is CeO3SiTi+5. The fourth-order valence-corrected chi connectivity index (χ4v) is 0. The minimum atomic E-state index is 0. The molecule has 0 aliphatic heterocycles. The van der Waals surface area contributed by atoms with Crippen molar-refractivity contribution in [1.82, 2.24) is 0 Å². The standard InChI is InChI=1S/Ce.OSi.2O.Ti/c;1-2;;;/q+3;+2;2*-2;+4. The Kier molecular flexibility index (Phi) is 448. The van der Waals surface area contributed by atoms with Crippen molar-refractivity contribution in [1.29, 1.82) is 0 Å². The summed E-state index contributed by atoms with van der Waals surface area (Å²) in [6.45, 7) is 0. The Morgan fingerprint density at radius 3 is 1.00 bits per heavy atom. The van der Waals surface area contributed by atoms with Gasteiger partial charge in [0.05, 0.1) is 0 Å². The molecule has 0 N–H and O–H groups in total. The van der Waals surface area contributed by atoms with E-state index in [1.807, 2.05) is 0 Å². The first-order valence-corrected chi connectivity index (χ1v) is 0.612. The van der Waals surface area contributed by atoms with E-state index in [9.17, 15) is 0 Å². The summed E-state index contributed by atoms with van der Waals surface area (Å²) < 4.78 is 8.06. The van der Waals surface area contributed by atoms with Gasteiger partial charge in [0.15, 0.2) is 0 Å². The maximum Gasteiger partial charge on any atom is 4.00 e. The summed E-state index contributed by atoms with van der Waals surface area (Å²) in [6.07, 6.45) is 0. The van der Waals surface area contributed by atoms with Crippen LogP contribution >= 0.6 is 0 Å². The van der Waals surface area contributed by atoms with E-state index in [-0.39, 0.29) is 74.4 Å². The zero-order valence-corrected chi connectivity index (χ0v) is 8.43. The molecule has 0 rings (SSSR count). The van der Waals surface area contributed by atoms with Gasteiger partial charge in [-0.2, -0.15) is 0 Å². The van der Waals surface area contributed by atoms with Gasteiger partial charge in [-0.25, -0.2) is 0 Å². The Labute approximate surface area is 87.6 Å². The first-order chi connectivity index (χ1) is 1.00. The van der Waals surface area contributed by atoms with Crippen LogP contribution in [0.25, 0.3) is 0 Å². The molecule has 0 saturated carbocycles. The molecule has 0 aliphatic carbocycles. The molecule has 6 heavy (non-hydrogen) atoms. The summed E-state index contributed by atoms with van der Waals surface area (Å²) in [5.74, 6) is 0. The van der Waals surface area contributed by atoms with Crippen molar-refractivity contribution in [2.75, 3.05) is 0 Å². The summed E-state index contributed by atoms with van der Waals surface area (Å²) in [4.78, 5) is 0. The molecule has 0 aromatic carbocycles. The van der Waals surface area contributed by atoms with Crippen LogP contribution in [0.4, 0.5) is 0 Å². The Morgan fingerprint density at radius 1 is 1.00 bits per heavy atom. The SMILES string of the molecule is O=[Si+2].[Ce+3].[O-2].[O-2].[Ti+4]. The van der Waals surface area contributed by atoms with Crippen LogP contribution in [0.2, 0.25) is 0 Å². The molecule has 25 valence electrons. The quantitative estimate of drug-likeness (QED) is 0.531. The molecule has 1 radical (unpaired) electrons. The van der Waals surface area contributed by atoms with E-state index >= 15 is 0 Å². The number of rotatable bonds is 0. The average Bonchev–Trinajstić information content (AvgIpc) is 1.00. The van der Waals surface area contributed by atoms with E-state index in [0.717, 1.165) is 0 Å². The predicted octanol–water partition coefficient (Wildman–Crippen LogP) is -0.740. The summed E-state index contributed by atoms with van der Waals surface area (Å²) >= 11 is 0. The van der Waals surface area contributed by atoms with Gasteiger partial charge in [-0.05, 0) is 0 Å². The van der Waals surface area contributed by atoms with Gasteiger partial charge >= 0.3 is 78.1 Å². The van der Waals surface area contributed by atoms with Crippen LogP contribution in [0.5, 0.6) is 0 Å². The van der Waals surface area contributed by atoms with Gasteiger partial charge in [0, 0.05) is 0 Å². The van der Waals surface area contributed by atoms with Gasteiger partial charge in [0.25, 0.3) is 0 Å². The third-order valence-corrected chi connectivity index (χ3v) is 0. The fraction of sp³-hybridized carbons (Fsp3) is 0. The monoisotopic (exact) mass is 264 g/mol. The van der Waals surface area contributed by atoms with Crippen molar-refractivity contribution in [3.05, 3.63) is 0 Å². The predicted molar refractivity (Wildman–Crippen MR) is 7.81 cm³/mol. The Morgan fingerprint density at radius 2 is 1.00 bits per heavy atom. The van der Waals surface area contributed by atoms with E-state index in [2.05, 4.69) is 0 Å². The summed E-state index contributed by atoms with van der Waals surface area (Å²) in [6, 6.07) is 0. The molecule has 6 heteroatoms. The molecule has 0 heterocycles. The summed E-state index contributed by atoms with van der Waals surface area (Å²) in [5, 5.41) is 0. The summed E-state index contributed by atoms with van der Waals surface area (Å²) in [7, 11) is 1.72. The Bertz CT molecular complexity index is 10.8. The molecular weight excluding hydrogens is 264 g/mol. The molecule has 0 saturated heterocycles. The van der Waals surface area contributed by atoms with Crippen molar-refractivity contribution < 1.29 is 78.9 Å². The second-order valence-electron chi connectivity index (χ2n) is 0. The minimum absolute atomic E-state index is 0. The van der Waals surface area contributed by atoms with E-state index in [0.29, 0.717) is 0 Å². The minimum Gasteiger partial charge on any atom is -2.00 e. The van der Waals surface area contributed by atoms with Crippen LogP contribution < -0.4 is 0 Å². The molecule has 0 fully saturated rings. The topological polar surface area (TPSA) is 74.1 Å². The van der Waals surface area contributed by atoms with Crippen LogP contribution in [0.1, 0.15) is 0 Å². The van der Waals surface area contributed by atoms with E-state index in [4.69, 9.17) is 4.46 Å². The van der Waals surface area contributed by atoms with Gasteiger partial charge in [-0.3, -0.25) is 0 Å². The molecule has 0 aromatic heterocycles. The first-order valence-electron chi connectivity index (χ1n) is 0.204. The van der Waals surface area contributed by atoms with Crippen molar-refractivity contribution >= 4 is 10.1 Å². The molecule has 0 spiro atoms. The third-order valence-electron chi connectivity index (χ3n) is 0. The molecule has 0 aliphatic rings. The van der Waals surface area contributed by atoms with Crippen molar-refractivity contribution in [2.45, 2.75) is 0 Å². The normalized spacial score (nSPS) is 1.00. The van der Waals surface area contributed by atoms with E-state index < -0.39 is 0 Å². The molecule has 0 unspecified atom stereocenters. The Balaban J connectivity index is -0.000000000833. The molecule has 0 aromatic rings. The first kappa shape index (κ1) is 43.2. The van der Waals surface area contributed by atoms with Gasteiger partial charge in [0.2, 0.25) is 0 Å². The zero-order valence-electron chi connectivity index (χ0n) is 2.72. The smallest absolute Gasteiger partial charge is 2.00 e. The molecule has 0 bridgehead atoms. The third kappa shape index (κ3) is 37.1. The average molecular weight is 264 g/mol. The van der Waals surface area contributed by atoms with Crippen molar-refractivity contribution in [2.24, 2.45) is 0 Å². The van der Waals surface area contributed by atoms with Crippen LogP contribution in [-0.4, -0.2) is 10.1 Å². The number of hydrogen-bond acceptors (Lipinski definition) is 1. The van der Waals surface area contributed by atoms with E-state index in [1.165, 1.54) is 0 Å². The molecule has 0 atom stereocenters. The van der Waals surface area contributed by atoms with E-state index in [1.54, 1.807) is 10.1 Å². The van der Waals surface area contributed by atoms with Gasteiger partial charge in [0.1, 0.15) is 0 Å². The fourth-order valence-electron chi connectivity index (χ4n) is 0. The second-order valence-corrected chi connectivity index (χ2v) is 0. The van der Waals surface area contributed by atoms with Crippen LogP contribution in [0, 0.1) is 41.7 Å². The second kappa shape index (κ2) is 62.1. The van der Waals surface area contributed by atoms with Crippen LogP contribution in [0.15, 0.2) is 0 Å². The van der Waals surface area contributed by atoms with Crippen LogP contribution in [-0.2, 0) is 37.1 Å². The maximum absolute atomic E-state index is 8.06. The molecule has 0 amide bonds. The van der Waals surface area contributed by atoms with Gasteiger partial charge in [-0.1, -0.05) is 0 Å². The summed E-state index contributed by atoms with van der Waals surface area (Å²) in [5.41, 5.74) is 0. The molecule has 3 nitrogen and oxygen atoms in total. The zero-order chi connectivity index (χ0) is 2.00. The Hall–Kier alpha value is 2.03. The largest absolute Gasteiger partial charge is 4.00 e. The van der Waals surface area contributed by atoms with Crippen molar-refractivity contribution in [3.63, 3.8) is 0 Å². The number of hydrogen-bond donors (Lipinski definition) is 0. The van der Waals surface area contributed by atoms with Crippen LogP contribution in [0.3, 0.4) is 0 Å².